The lowest BCUT2D eigenvalue weighted by Crippen LogP contribution is -2.30. The number of aromatic carboxylic acids is 1. The van der Waals surface area contributed by atoms with Crippen molar-refractivity contribution in [3.63, 3.8) is 0 Å². The molecule has 12 heteroatoms. The molecule has 0 aliphatic heterocycles. The van der Waals surface area contributed by atoms with E-state index in [2.05, 4.69) is 20.7 Å². The molecule has 4 aromatic rings. The number of rotatable bonds is 6. The average Bonchev–Trinajstić information content (AvgIpc) is 3.54. The van der Waals surface area contributed by atoms with E-state index in [1.807, 2.05) is 0 Å². The van der Waals surface area contributed by atoms with Gasteiger partial charge in [-0.05, 0) is 60.2 Å². The Morgan fingerprint density at radius 1 is 1.08 bits per heavy atom. The van der Waals surface area contributed by atoms with Gasteiger partial charge in [0.1, 0.15) is 11.4 Å². The van der Waals surface area contributed by atoms with E-state index >= 15 is 0 Å². The maximum absolute atomic E-state index is 13.3. The van der Waals surface area contributed by atoms with Gasteiger partial charge < -0.3 is 15.7 Å². The summed E-state index contributed by atoms with van der Waals surface area (Å²) in [5.74, 6) is -2.12. The standard InChI is InChI=1S/C27H22F3N5O4/c1-14-17-8-9-20(19(17)7-6-18(14)26(38)39)34-25(37)22-12-21(33-23-10-11-32-35(22)23)24(36)31-13-15-2-4-16(5-3-15)27(28,29)30/h2-7,10-12,20H,8-9,13H2,1H3,(H,31,36)(H,34,37)(H,38,39)/t20-/m1/s1. The van der Waals surface area contributed by atoms with E-state index in [-0.39, 0.29) is 35.2 Å². The zero-order valence-electron chi connectivity index (χ0n) is 20.5. The summed E-state index contributed by atoms with van der Waals surface area (Å²) in [7, 11) is 0. The molecule has 2 aromatic carbocycles. The van der Waals surface area contributed by atoms with Crippen LogP contribution in [0.15, 0.2) is 54.7 Å². The van der Waals surface area contributed by atoms with Gasteiger partial charge in [-0.3, -0.25) is 9.59 Å². The number of aromatic nitrogens is 3. The van der Waals surface area contributed by atoms with Gasteiger partial charge in [0.15, 0.2) is 5.65 Å². The molecular weight excluding hydrogens is 515 g/mol. The van der Waals surface area contributed by atoms with E-state index in [0.29, 0.717) is 24.0 Å². The normalized spacial score (nSPS) is 14.7. The number of carbonyl (C=O) groups excluding carboxylic acids is 2. The van der Waals surface area contributed by atoms with Crippen molar-refractivity contribution >= 4 is 23.4 Å². The predicted molar refractivity (Wildman–Crippen MR) is 132 cm³/mol. The molecule has 0 saturated heterocycles. The molecule has 2 amide bonds. The molecular formula is C27H22F3N5O4. The third-order valence-corrected chi connectivity index (χ3v) is 6.79. The van der Waals surface area contributed by atoms with E-state index in [0.717, 1.165) is 23.3 Å². The van der Waals surface area contributed by atoms with Crippen LogP contribution in [0, 0.1) is 6.92 Å². The van der Waals surface area contributed by atoms with Gasteiger partial charge in [-0.2, -0.15) is 18.3 Å². The third-order valence-electron chi connectivity index (χ3n) is 6.79. The summed E-state index contributed by atoms with van der Waals surface area (Å²) < 4.78 is 39.7. The van der Waals surface area contributed by atoms with Gasteiger partial charge in [0.2, 0.25) is 0 Å². The molecule has 2 heterocycles. The van der Waals surface area contributed by atoms with Crippen molar-refractivity contribution in [2.24, 2.45) is 0 Å². The van der Waals surface area contributed by atoms with Crippen molar-refractivity contribution in [1.82, 2.24) is 25.2 Å². The lowest BCUT2D eigenvalue weighted by Gasteiger charge is -2.16. The molecule has 1 aliphatic carbocycles. The monoisotopic (exact) mass is 537 g/mol. The number of carbonyl (C=O) groups is 3. The number of nitrogens with one attached hydrogen (secondary N) is 2. The van der Waals surface area contributed by atoms with Crippen LogP contribution in [-0.4, -0.2) is 37.5 Å². The fraction of sp³-hybridized carbons (Fsp3) is 0.222. The fourth-order valence-corrected chi connectivity index (χ4v) is 4.77. The van der Waals surface area contributed by atoms with Crippen molar-refractivity contribution in [3.8, 4) is 0 Å². The molecule has 200 valence electrons. The zero-order valence-corrected chi connectivity index (χ0v) is 20.5. The lowest BCUT2D eigenvalue weighted by molar-refractivity contribution is -0.137. The maximum Gasteiger partial charge on any atom is 0.416 e. The number of amides is 2. The van der Waals surface area contributed by atoms with E-state index in [9.17, 15) is 32.7 Å². The average molecular weight is 537 g/mol. The smallest absolute Gasteiger partial charge is 0.416 e. The van der Waals surface area contributed by atoms with Crippen LogP contribution < -0.4 is 10.6 Å². The summed E-state index contributed by atoms with van der Waals surface area (Å²) in [6.07, 6.45) is -1.83. The Kier molecular flexibility index (Phi) is 6.54. The number of hydrogen-bond donors (Lipinski definition) is 3. The minimum absolute atomic E-state index is 0.0405. The molecule has 39 heavy (non-hydrogen) atoms. The number of hydrogen-bond acceptors (Lipinski definition) is 5. The minimum atomic E-state index is -4.45. The van der Waals surface area contributed by atoms with E-state index < -0.39 is 29.5 Å². The number of nitrogens with zero attached hydrogens (tertiary/aromatic N) is 3. The van der Waals surface area contributed by atoms with Gasteiger partial charge in [-0.15, -0.1) is 0 Å². The van der Waals surface area contributed by atoms with Crippen LogP contribution in [0.4, 0.5) is 13.2 Å². The third kappa shape index (κ3) is 5.05. The number of alkyl halides is 3. The van der Waals surface area contributed by atoms with Crippen LogP contribution in [-0.2, 0) is 19.1 Å². The van der Waals surface area contributed by atoms with Crippen LogP contribution in [0.3, 0.4) is 0 Å². The summed E-state index contributed by atoms with van der Waals surface area (Å²) >= 11 is 0. The highest BCUT2D eigenvalue weighted by Gasteiger charge is 2.30. The molecule has 3 N–H and O–H groups in total. The maximum atomic E-state index is 13.3. The number of benzene rings is 2. The number of halogens is 3. The molecule has 1 atom stereocenters. The molecule has 0 unspecified atom stereocenters. The Morgan fingerprint density at radius 2 is 1.82 bits per heavy atom. The summed E-state index contributed by atoms with van der Waals surface area (Å²) in [5, 5.41) is 19.1. The van der Waals surface area contributed by atoms with Gasteiger partial charge in [0.05, 0.1) is 23.4 Å². The fourth-order valence-electron chi connectivity index (χ4n) is 4.77. The summed E-state index contributed by atoms with van der Waals surface area (Å²) in [6, 6.07) is 10.1. The minimum Gasteiger partial charge on any atom is -0.478 e. The van der Waals surface area contributed by atoms with Gasteiger partial charge in [-0.25, -0.2) is 14.3 Å². The summed E-state index contributed by atoms with van der Waals surface area (Å²) in [5.41, 5.74) is 2.56. The van der Waals surface area contributed by atoms with Crippen molar-refractivity contribution in [1.29, 1.82) is 0 Å². The van der Waals surface area contributed by atoms with Gasteiger partial charge in [0.25, 0.3) is 11.8 Å². The summed E-state index contributed by atoms with van der Waals surface area (Å²) in [6.45, 7) is 1.71. The highest BCUT2D eigenvalue weighted by molar-refractivity contribution is 5.98. The number of carboxylic acids is 1. The topological polar surface area (TPSA) is 126 Å². The van der Waals surface area contributed by atoms with Crippen molar-refractivity contribution in [2.75, 3.05) is 0 Å². The first-order valence-electron chi connectivity index (χ1n) is 12.0. The van der Waals surface area contributed by atoms with Gasteiger partial charge in [0, 0.05) is 18.7 Å². The highest BCUT2D eigenvalue weighted by Crippen LogP contribution is 2.35. The van der Waals surface area contributed by atoms with E-state index in [1.54, 1.807) is 13.0 Å². The summed E-state index contributed by atoms with van der Waals surface area (Å²) in [4.78, 5) is 41.9. The molecule has 5 rings (SSSR count). The molecule has 0 fully saturated rings. The van der Waals surface area contributed by atoms with Crippen LogP contribution in [0.2, 0.25) is 0 Å². The first kappa shape index (κ1) is 25.9. The second kappa shape index (κ2) is 9.86. The zero-order chi connectivity index (χ0) is 27.9. The van der Waals surface area contributed by atoms with Crippen molar-refractivity contribution < 1.29 is 32.7 Å². The van der Waals surface area contributed by atoms with Crippen LogP contribution in [0.1, 0.15) is 71.6 Å². The van der Waals surface area contributed by atoms with E-state index in [4.69, 9.17) is 0 Å². The Bertz CT molecular complexity index is 1610. The van der Waals surface area contributed by atoms with Crippen LogP contribution in [0.5, 0.6) is 0 Å². The highest BCUT2D eigenvalue weighted by atomic mass is 19.4. The van der Waals surface area contributed by atoms with Gasteiger partial charge in [-0.1, -0.05) is 18.2 Å². The van der Waals surface area contributed by atoms with Crippen molar-refractivity contribution in [2.45, 2.75) is 38.5 Å². The predicted octanol–water partition coefficient (Wildman–Crippen LogP) is 4.10. The molecule has 0 radical (unpaired) electrons. The quantitative estimate of drug-likeness (QED) is 0.340. The second-order valence-electron chi connectivity index (χ2n) is 9.18. The molecule has 1 aliphatic rings. The molecule has 9 nitrogen and oxygen atoms in total. The Labute approximate surface area is 219 Å². The molecule has 0 saturated carbocycles. The van der Waals surface area contributed by atoms with E-state index in [1.165, 1.54) is 41.0 Å². The van der Waals surface area contributed by atoms with Gasteiger partial charge >= 0.3 is 12.1 Å². The number of fused-ring (bicyclic) bond motifs is 2. The first-order valence-corrected chi connectivity index (χ1v) is 12.0. The number of carboxylic acid groups (broad SMARTS) is 1. The Balaban J connectivity index is 1.34. The first-order chi connectivity index (χ1) is 18.5. The second-order valence-corrected chi connectivity index (χ2v) is 9.18. The van der Waals surface area contributed by atoms with Crippen molar-refractivity contribution in [3.05, 3.63) is 99.5 Å². The van der Waals surface area contributed by atoms with Crippen LogP contribution >= 0.6 is 0 Å². The lowest BCUT2D eigenvalue weighted by atomic mass is 9.98. The molecule has 0 spiro atoms. The Morgan fingerprint density at radius 3 is 2.51 bits per heavy atom. The SMILES string of the molecule is Cc1c(C(=O)O)ccc2c1CC[C@H]2NC(=O)c1cc(C(=O)NCc2ccc(C(F)(F)F)cc2)nc2ccnn12. The van der Waals surface area contributed by atoms with Crippen LogP contribution in [0.25, 0.3) is 5.65 Å². The molecule has 2 aromatic heterocycles. The Hall–Kier alpha value is -4.74. The molecule has 0 bridgehead atoms. The largest absolute Gasteiger partial charge is 0.478 e.